The number of amides is 2. The molecular formula is C17H26N2O4S. The second-order valence-corrected chi connectivity index (χ2v) is 6.48. The van der Waals surface area contributed by atoms with Crippen LogP contribution >= 0.6 is 11.8 Å². The number of hydrogen-bond donors (Lipinski definition) is 3. The van der Waals surface area contributed by atoms with E-state index in [4.69, 9.17) is 9.84 Å². The Morgan fingerprint density at radius 1 is 1.29 bits per heavy atom. The third-order valence-electron chi connectivity index (χ3n) is 3.48. The molecular weight excluding hydrogens is 328 g/mol. The minimum absolute atomic E-state index is 0.402. The molecule has 0 saturated carbocycles. The summed E-state index contributed by atoms with van der Waals surface area (Å²) in [7, 11) is 0. The Balaban J connectivity index is 2.27. The number of para-hydroxylation sites is 1. The number of carbonyl (C=O) groups excluding carboxylic acids is 1. The molecule has 3 N–H and O–H groups in total. The van der Waals surface area contributed by atoms with Gasteiger partial charge in [0.05, 0.1) is 6.61 Å². The number of nitrogens with one attached hydrogen (secondary N) is 2. The fraction of sp³-hybridized carbons (Fsp3) is 0.529. The van der Waals surface area contributed by atoms with E-state index in [0.717, 1.165) is 16.9 Å². The van der Waals surface area contributed by atoms with Gasteiger partial charge in [-0.15, -0.1) is 0 Å². The minimum Gasteiger partial charge on any atom is -0.493 e. The van der Waals surface area contributed by atoms with Gasteiger partial charge in [0.25, 0.3) is 0 Å². The molecule has 1 aromatic rings. The fourth-order valence-electron chi connectivity index (χ4n) is 2.18. The van der Waals surface area contributed by atoms with E-state index in [2.05, 4.69) is 10.6 Å². The van der Waals surface area contributed by atoms with E-state index in [1.807, 2.05) is 38.3 Å². The van der Waals surface area contributed by atoms with Gasteiger partial charge in [-0.25, -0.2) is 9.59 Å². The van der Waals surface area contributed by atoms with Crippen molar-refractivity contribution in [2.75, 3.05) is 25.2 Å². The van der Waals surface area contributed by atoms with Gasteiger partial charge in [-0.1, -0.05) is 18.2 Å². The van der Waals surface area contributed by atoms with Crippen molar-refractivity contribution in [1.82, 2.24) is 10.6 Å². The van der Waals surface area contributed by atoms with Gasteiger partial charge in [0.1, 0.15) is 11.8 Å². The van der Waals surface area contributed by atoms with Crippen LogP contribution in [0.4, 0.5) is 4.79 Å². The van der Waals surface area contributed by atoms with Crippen LogP contribution in [0, 0.1) is 13.8 Å². The molecule has 134 valence electrons. The van der Waals surface area contributed by atoms with Crippen LogP contribution in [0.5, 0.6) is 5.75 Å². The molecule has 6 nitrogen and oxygen atoms in total. The molecule has 1 unspecified atom stereocenters. The van der Waals surface area contributed by atoms with Crippen molar-refractivity contribution in [3.63, 3.8) is 0 Å². The molecule has 1 rings (SSSR count). The summed E-state index contributed by atoms with van der Waals surface area (Å²) in [6, 6.07) is 4.65. The molecule has 0 bridgehead atoms. The van der Waals surface area contributed by atoms with E-state index < -0.39 is 18.0 Å². The Bertz CT molecular complexity index is 531. The maximum atomic E-state index is 11.7. The molecule has 2 amide bonds. The summed E-state index contributed by atoms with van der Waals surface area (Å²) in [5, 5.41) is 14.2. The number of thioether (sulfide) groups is 1. The molecule has 1 aromatic carbocycles. The maximum absolute atomic E-state index is 11.7. The van der Waals surface area contributed by atoms with Crippen LogP contribution in [0.1, 0.15) is 24.0 Å². The van der Waals surface area contributed by atoms with E-state index in [-0.39, 0.29) is 0 Å². The molecule has 0 aliphatic rings. The first kappa shape index (κ1) is 20.2. The van der Waals surface area contributed by atoms with Crippen LogP contribution in [0.3, 0.4) is 0 Å². The quantitative estimate of drug-likeness (QED) is 0.562. The maximum Gasteiger partial charge on any atom is 0.326 e. The van der Waals surface area contributed by atoms with Crippen molar-refractivity contribution in [2.24, 2.45) is 0 Å². The number of ether oxygens (including phenoxy) is 1. The zero-order valence-corrected chi connectivity index (χ0v) is 15.2. The van der Waals surface area contributed by atoms with E-state index in [0.29, 0.717) is 31.7 Å². The first-order chi connectivity index (χ1) is 11.5. The fourth-order valence-corrected chi connectivity index (χ4v) is 2.65. The van der Waals surface area contributed by atoms with Gasteiger partial charge in [0, 0.05) is 6.54 Å². The summed E-state index contributed by atoms with van der Waals surface area (Å²) in [5.74, 6) is 0.545. The summed E-state index contributed by atoms with van der Waals surface area (Å²) in [6.07, 6.45) is 2.94. The van der Waals surface area contributed by atoms with Crippen molar-refractivity contribution in [3.05, 3.63) is 29.3 Å². The van der Waals surface area contributed by atoms with E-state index in [1.54, 1.807) is 11.8 Å². The van der Waals surface area contributed by atoms with Crippen molar-refractivity contribution in [2.45, 2.75) is 32.7 Å². The Morgan fingerprint density at radius 2 is 1.96 bits per heavy atom. The number of carbonyl (C=O) groups is 2. The van der Waals surface area contributed by atoms with Crippen LogP contribution in [0.15, 0.2) is 18.2 Å². The Labute approximate surface area is 147 Å². The first-order valence-corrected chi connectivity index (χ1v) is 9.30. The van der Waals surface area contributed by atoms with E-state index in [1.165, 1.54) is 0 Å². The zero-order valence-electron chi connectivity index (χ0n) is 14.4. The van der Waals surface area contributed by atoms with Crippen LogP contribution < -0.4 is 15.4 Å². The lowest BCUT2D eigenvalue weighted by Gasteiger charge is -2.15. The van der Waals surface area contributed by atoms with Crippen molar-refractivity contribution in [3.8, 4) is 5.75 Å². The van der Waals surface area contributed by atoms with Gasteiger partial charge in [0.2, 0.25) is 0 Å². The standard InChI is InChI=1S/C17H26N2O4S/c1-12-6-4-7-13(2)15(12)23-10-5-9-18-17(22)19-14(16(20)21)8-11-24-3/h4,6-7,14H,5,8-11H2,1-3H3,(H,20,21)(H2,18,19,22). The van der Waals surface area contributed by atoms with Gasteiger partial charge < -0.3 is 20.5 Å². The number of benzene rings is 1. The monoisotopic (exact) mass is 354 g/mol. The van der Waals surface area contributed by atoms with Crippen LogP contribution in [0.25, 0.3) is 0 Å². The zero-order chi connectivity index (χ0) is 17.9. The molecule has 7 heteroatoms. The number of carboxylic acid groups (broad SMARTS) is 1. The molecule has 0 radical (unpaired) electrons. The third kappa shape index (κ3) is 7.12. The van der Waals surface area contributed by atoms with Gasteiger partial charge >= 0.3 is 12.0 Å². The predicted octanol–water partition coefficient (Wildman–Crippen LogP) is 2.58. The number of rotatable bonds is 10. The van der Waals surface area contributed by atoms with Gasteiger partial charge in [0.15, 0.2) is 0 Å². The largest absolute Gasteiger partial charge is 0.493 e. The number of hydrogen-bond acceptors (Lipinski definition) is 4. The highest BCUT2D eigenvalue weighted by atomic mass is 32.2. The average Bonchev–Trinajstić information content (AvgIpc) is 2.53. The Kier molecular flexibility index (Phi) is 9.07. The SMILES string of the molecule is CSCCC(NC(=O)NCCCOc1c(C)cccc1C)C(=O)O. The van der Waals surface area contributed by atoms with Crippen molar-refractivity contribution < 1.29 is 19.4 Å². The molecule has 0 aliphatic heterocycles. The van der Waals surface area contributed by atoms with Gasteiger partial charge in [-0.3, -0.25) is 0 Å². The van der Waals surface area contributed by atoms with E-state index >= 15 is 0 Å². The highest BCUT2D eigenvalue weighted by molar-refractivity contribution is 7.98. The Morgan fingerprint density at radius 3 is 2.54 bits per heavy atom. The molecule has 0 heterocycles. The second-order valence-electron chi connectivity index (χ2n) is 5.50. The Hall–Kier alpha value is -1.89. The van der Waals surface area contributed by atoms with Crippen molar-refractivity contribution >= 4 is 23.8 Å². The smallest absolute Gasteiger partial charge is 0.326 e. The summed E-state index contributed by atoms with van der Waals surface area (Å²) in [5.41, 5.74) is 2.16. The predicted molar refractivity (Wildman–Crippen MR) is 97.0 cm³/mol. The second kappa shape index (κ2) is 10.8. The lowest BCUT2D eigenvalue weighted by atomic mass is 10.1. The first-order valence-electron chi connectivity index (χ1n) is 7.90. The number of aryl methyl sites for hydroxylation is 2. The summed E-state index contributed by atoms with van der Waals surface area (Å²) < 4.78 is 5.75. The van der Waals surface area contributed by atoms with E-state index in [9.17, 15) is 9.59 Å². The number of aliphatic carboxylic acids is 1. The lowest BCUT2D eigenvalue weighted by molar-refractivity contribution is -0.139. The topological polar surface area (TPSA) is 87.7 Å². The molecule has 0 aliphatic carbocycles. The molecule has 0 spiro atoms. The minimum atomic E-state index is -1.02. The van der Waals surface area contributed by atoms with Gasteiger partial charge in [-0.05, 0) is 49.8 Å². The highest BCUT2D eigenvalue weighted by Gasteiger charge is 2.18. The average molecular weight is 354 g/mol. The molecule has 0 saturated heterocycles. The van der Waals surface area contributed by atoms with Crippen LogP contribution in [-0.2, 0) is 4.79 Å². The highest BCUT2D eigenvalue weighted by Crippen LogP contribution is 2.22. The number of carboxylic acids is 1. The summed E-state index contributed by atoms with van der Waals surface area (Å²) >= 11 is 1.55. The van der Waals surface area contributed by atoms with Crippen LogP contribution in [0.2, 0.25) is 0 Å². The molecule has 24 heavy (non-hydrogen) atoms. The lowest BCUT2D eigenvalue weighted by Crippen LogP contribution is -2.46. The number of urea groups is 1. The van der Waals surface area contributed by atoms with Crippen molar-refractivity contribution in [1.29, 1.82) is 0 Å². The molecule has 1 atom stereocenters. The third-order valence-corrected chi connectivity index (χ3v) is 4.12. The van der Waals surface area contributed by atoms with Gasteiger partial charge in [-0.2, -0.15) is 11.8 Å². The molecule has 0 fully saturated rings. The normalized spacial score (nSPS) is 11.6. The summed E-state index contributed by atoms with van der Waals surface area (Å²) in [6.45, 7) is 4.90. The summed E-state index contributed by atoms with van der Waals surface area (Å²) in [4.78, 5) is 22.8. The molecule has 0 aromatic heterocycles. The van der Waals surface area contributed by atoms with Crippen LogP contribution in [-0.4, -0.2) is 48.3 Å².